The molecule has 8 heteroatoms. The molecule has 1 amide bonds. The van der Waals surface area contributed by atoms with Crippen LogP contribution >= 0.6 is 0 Å². The Balaban J connectivity index is 1.54. The zero-order valence-electron chi connectivity index (χ0n) is 15.2. The van der Waals surface area contributed by atoms with Gasteiger partial charge in [-0.05, 0) is 18.6 Å². The van der Waals surface area contributed by atoms with Crippen molar-refractivity contribution in [3.05, 3.63) is 46.0 Å². The molecule has 2 aromatic rings. The molecule has 0 spiro atoms. The van der Waals surface area contributed by atoms with Gasteiger partial charge in [0.05, 0.1) is 32.4 Å². The Kier molecular flexibility index (Phi) is 4.81. The van der Waals surface area contributed by atoms with E-state index in [0.717, 1.165) is 23.4 Å². The van der Waals surface area contributed by atoms with Gasteiger partial charge in [0.15, 0.2) is 0 Å². The third-order valence-electron chi connectivity index (χ3n) is 4.94. The molecule has 8 nitrogen and oxygen atoms in total. The van der Waals surface area contributed by atoms with E-state index in [1.807, 2.05) is 23.1 Å². The fourth-order valence-corrected chi connectivity index (χ4v) is 3.62. The summed E-state index contributed by atoms with van der Waals surface area (Å²) in [7, 11) is 1.63. The SMILES string of the molecule is COc1cccc2c1CCN2C(=O)Cc1nc(N2CCOCC2)cc(=O)[nH]1. The second-order valence-corrected chi connectivity index (χ2v) is 6.58. The fourth-order valence-electron chi connectivity index (χ4n) is 3.62. The minimum atomic E-state index is -0.252. The van der Waals surface area contributed by atoms with Gasteiger partial charge in [-0.1, -0.05) is 6.07 Å². The smallest absolute Gasteiger partial charge is 0.252 e. The number of methoxy groups -OCH3 is 1. The molecule has 2 aliphatic heterocycles. The van der Waals surface area contributed by atoms with Crippen molar-refractivity contribution in [2.45, 2.75) is 12.8 Å². The van der Waals surface area contributed by atoms with E-state index in [1.165, 1.54) is 6.07 Å². The monoisotopic (exact) mass is 370 g/mol. The maximum atomic E-state index is 12.9. The number of aromatic amines is 1. The van der Waals surface area contributed by atoms with E-state index in [1.54, 1.807) is 12.0 Å². The van der Waals surface area contributed by atoms with Crippen LogP contribution in [0, 0.1) is 0 Å². The molecule has 0 radical (unpaired) electrons. The number of fused-ring (bicyclic) bond motifs is 1. The van der Waals surface area contributed by atoms with Gasteiger partial charge in [-0.15, -0.1) is 0 Å². The normalized spacial score (nSPS) is 16.3. The van der Waals surface area contributed by atoms with Gasteiger partial charge in [0.2, 0.25) is 5.91 Å². The number of anilines is 2. The Labute approximate surface area is 156 Å². The fraction of sp³-hybridized carbons (Fsp3) is 0.421. The zero-order valence-corrected chi connectivity index (χ0v) is 15.2. The third kappa shape index (κ3) is 3.52. The number of H-pyrrole nitrogens is 1. The Bertz CT molecular complexity index is 905. The summed E-state index contributed by atoms with van der Waals surface area (Å²) in [5.41, 5.74) is 1.65. The number of carbonyl (C=O) groups excluding carboxylic acids is 1. The van der Waals surface area contributed by atoms with Gasteiger partial charge < -0.3 is 24.3 Å². The van der Waals surface area contributed by atoms with Crippen LogP contribution in [-0.2, 0) is 22.4 Å². The van der Waals surface area contributed by atoms with Crippen molar-refractivity contribution in [3.63, 3.8) is 0 Å². The number of carbonyl (C=O) groups is 1. The van der Waals surface area contributed by atoms with Crippen molar-refractivity contribution in [2.75, 3.05) is 49.8 Å². The van der Waals surface area contributed by atoms with Crippen LogP contribution in [0.15, 0.2) is 29.1 Å². The van der Waals surface area contributed by atoms with Gasteiger partial charge in [0.25, 0.3) is 5.56 Å². The lowest BCUT2D eigenvalue weighted by atomic mass is 10.1. The Morgan fingerprint density at radius 2 is 2.11 bits per heavy atom. The average Bonchev–Trinajstić information content (AvgIpc) is 3.12. The molecule has 0 unspecified atom stereocenters. The van der Waals surface area contributed by atoms with Crippen LogP contribution in [0.4, 0.5) is 11.5 Å². The molecule has 2 aliphatic rings. The molecule has 27 heavy (non-hydrogen) atoms. The summed E-state index contributed by atoms with van der Waals surface area (Å²) in [6.45, 7) is 3.18. The Hall–Kier alpha value is -2.87. The summed E-state index contributed by atoms with van der Waals surface area (Å²) in [6, 6.07) is 7.17. The van der Waals surface area contributed by atoms with E-state index in [0.29, 0.717) is 44.5 Å². The lowest BCUT2D eigenvalue weighted by Gasteiger charge is -2.27. The highest BCUT2D eigenvalue weighted by atomic mass is 16.5. The number of aromatic nitrogens is 2. The van der Waals surface area contributed by atoms with Crippen LogP contribution < -0.4 is 20.1 Å². The number of hydrogen-bond acceptors (Lipinski definition) is 6. The van der Waals surface area contributed by atoms with E-state index in [-0.39, 0.29) is 17.9 Å². The number of amides is 1. The quantitative estimate of drug-likeness (QED) is 0.854. The predicted octanol–water partition coefficient (Wildman–Crippen LogP) is 0.747. The number of rotatable bonds is 4. The molecule has 4 rings (SSSR count). The maximum Gasteiger partial charge on any atom is 0.252 e. The highest BCUT2D eigenvalue weighted by molar-refractivity contribution is 5.96. The number of ether oxygens (including phenoxy) is 2. The first-order valence-electron chi connectivity index (χ1n) is 9.05. The largest absolute Gasteiger partial charge is 0.496 e. The zero-order chi connectivity index (χ0) is 18.8. The molecule has 0 aliphatic carbocycles. The first-order chi connectivity index (χ1) is 13.2. The van der Waals surface area contributed by atoms with E-state index < -0.39 is 0 Å². The summed E-state index contributed by atoms with van der Waals surface area (Å²) < 4.78 is 10.7. The summed E-state index contributed by atoms with van der Waals surface area (Å²) in [4.78, 5) is 35.8. The molecule has 1 aromatic carbocycles. The van der Waals surface area contributed by atoms with Crippen LogP contribution in [-0.4, -0.2) is 55.8 Å². The molecule has 142 valence electrons. The number of morpholine rings is 1. The van der Waals surface area contributed by atoms with E-state index in [9.17, 15) is 9.59 Å². The number of nitrogens with one attached hydrogen (secondary N) is 1. The van der Waals surface area contributed by atoms with Gasteiger partial charge in [0.1, 0.15) is 17.4 Å². The van der Waals surface area contributed by atoms with Gasteiger partial charge in [-0.3, -0.25) is 9.59 Å². The minimum Gasteiger partial charge on any atom is -0.496 e. The van der Waals surface area contributed by atoms with Gasteiger partial charge in [-0.2, -0.15) is 0 Å². The molecular formula is C19H22N4O4. The number of benzene rings is 1. The van der Waals surface area contributed by atoms with Crippen molar-refractivity contribution in [2.24, 2.45) is 0 Å². The Morgan fingerprint density at radius 1 is 1.30 bits per heavy atom. The highest BCUT2D eigenvalue weighted by Crippen LogP contribution is 2.35. The van der Waals surface area contributed by atoms with E-state index >= 15 is 0 Å². The Morgan fingerprint density at radius 3 is 2.89 bits per heavy atom. The first-order valence-corrected chi connectivity index (χ1v) is 9.05. The van der Waals surface area contributed by atoms with Crippen molar-refractivity contribution >= 4 is 17.4 Å². The van der Waals surface area contributed by atoms with Crippen molar-refractivity contribution in [1.29, 1.82) is 0 Å². The topological polar surface area (TPSA) is 87.8 Å². The van der Waals surface area contributed by atoms with Gasteiger partial charge in [-0.25, -0.2) is 4.98 Å². The van der Waals surface area contributed by atoms with Crippen LogP contribution in [0.1, 0.15) is 11.4 Å². The van der Waals surface area contributed by atoms with Gasteiger partial charge >= 0.3 is 0 Å². The summed E-state index contributed by atoms with van der Waals surface area (Å²) in [5, 5.41) is 0. The molecule has 1 fully saturated rings. The lowest BCUT2D eigenvalue weighted by Crippen LogP contribution is -2.38. The molecular weight excluding hydrogens is 348 g/mol. The highest BCUT2D eigenvalue weighted by Gasteiger charge is 2.27. The second kappa shape index (κ2) is 7.40. The summed E-state index contributed by atoms with van der Waals surface area (Å²) >= 11 is 0. The summed E-state index contributed by atoms with van der Waals surface area (Å²) in [5.74, 6) is 1.67. The third-order valence-corrected chi connectivity index (χ3v) is 4.94. The molecule has 1 aromatic heterocycles. The van der Waals surface area contributed by atoms with Crippen LogP contribution in [0.25, 0.3) is 0 Å². The minimum absolute atomic E-state index is 0.0457. The van der Waals surface area contributed by atoms with Crippen molar-refractivity contribution in [3.8, 4) is 5.75 Å². The standard InChI is InChI=1S/C19H22N4O4/c1-26-15-4-2-3-14-13(15)5-6-23(14)19(25)11-16-20-17(12-18(24)21-16)22-7-9-27-10-8-22/h2-4,12H,5-11H2,1H3,(H,20,21,24). The van der Waals surface area contributed by atoms with Crippen LogP contribution in [0.5, 0.6) is 5.75 Å². The van der Waals surface area contributed by atoms with E-state index in [4.69, 9.17) is 9.47 Å². The number of hydrogen-bond donors (Lipinski definition) is 1. The van der Waals surface area contributed by atoms with Crippen molar-refractivity contribution < 1.29 is 14.3 Å². The molecule has 0 atom stereocenters. The second-order valence-electron chi connectivity index (χ2n) is 6.58. The predicted molar refractivity (Wildman–Crippen MR) is 101 cm³/mol. The molecule has 3 heterocycles. The summed E-state index contributed by atoms with van der Waals surface area (Å²) in [6.07, 6.45) is 0.799. The molecule has 0 bridgehead atoms. The molecule has 1 N–H and O–H groups in total. The average molecular weight is 370 g/mol. The van der Waals surface area contributed by atoms with E-state index in [2.05, 4.69) is 9.97 Å². The van der Waals surface area contributed by atoms with Crippen LogP contribution in [0.2, 0.25) is 0 Å². The van der Waals surface area contributed by atoms with Crippen molar-refractivity contribution in [1.82, 2.24) is 9.97 Å². The number of nitrogens with zero attached hydrogens (tertiary/aromatic N) is 3. The molecule has 1 saturated heterocycles. The van der Waals surface area contributed by atoms with Crippen LogP contribution in [0.3, 0.4) is 0 Å². The van der Waals surface area contributed by atoms with Gasteiger partial charge in [0, 0.05) is 31.3 Å². The maximum absolute atomic E-state index is 12.9. The molecule has 0 saturated carbocycles. The lowest BCUT2D eigenvalue weighted by molar-refractivity contribution is -0.118. The first kappa shape index (κ1) is 17.5.